The Hall–Kier alpha value is -2.18. The predicted octanol–water partition coefficient (Wildman–Crippen LogP) is 2.44. The number of nitro groups is 1. The molecule has 0 spiro atoms. The molecular weight excluding hydrogens is 262 g/mol. The van der Waals surface area contributed by atoms with Gasteiger partial charge in [-0.3, -0.25) is 10.1 Å². The Balaban J connectivity index is 2.20. The molecular formula is C13H17N3O4. The smallest absolute Gasteiger partial charge is 0.329 e. The zero-order chi connectivity index (χ0) is 14.8. The average Bonchev–Trinajstić information content (AvgIpc) is 2.39. The molecule has 0 amide bonds. The van der Waals surface area contributed by atoms with E-state index in [0.717, 1.165) is 19.0 Å². The van der Waals surface area contributed by atoms with Gasteiger partial charge in [-0.25, -0.2) is 9.78 Å². The third-order valence-corrected chi connectivity index (χ3v) is 3.73. The molecule has 1 fully saturated rings. The maximum atomic E-state index is 11.6. The minimum atomic E-state index is -1.03. The third kappa shape index (κ3) is 2.87. The lowest BCUT2D eigenvalue weighted by atomic mass is 9.76. The van der Waals surface area contributed by atoms with Gasteiger partial charge in [0.2, 0.25) is 0 Å². The highest BCUT2D eigenvalue weighted by Gasteiger charge is 2.42. The van der Waals surface area contributed by atoms with Crippen molar-refractivity contribution in [3.63, 3.8) is 0 Å². The van der Waals surface area contributed by atoms with Gasteiger partial charge in [-0.05, 0) is 24.8 Å². The van der Waals surface area contributed by atoms with Crippen molar-refractivity contribution >= 4 is 17.5 Å². The first-order valence-corrected chi connectivity index (χ1v) is 6.55. The summed E-state index contributed by atoms with van der Waals surface area (Å²) in [4.78, 5) is 25.6. The Labute approximate surface area is 116 Å². The van der Waals surface area contributed by atoms with Crippen LogP contribution in [0.3, 0.4) is 0 Å². The standard InChI is InChI=1S/C13H17N3O4/c1-9-3-2-6-13(7-9,12(17)18)15-11-5-4-10(8-14-11)16(19)20/h4-5,8-9H,2-3,6-7H2,1H3,(H,14,15)(H,17,18). The lowest BCUT2D eigenvalue weighted by Gasteiger charge is -2.37. The fraction of sp³-hybridized carbons (Fsp3) is 0.538. The van der Waals surface area contributed by atoms with Crippen molar-refractivity contribution in [1.29, 1.82) is 0 Å². The summed E-state index contributed by atoms with van der Waals surface area (Å²) in [5, 5.41) is 23.0. The van der Waals surface area contributed by atoms with Crippen LogP contribution in [-0.4, -0.2) is 26.5 Å². The van der Waals surface area contributed by atoms with Crippen LogP contribution in [-0.2, 0) is 4.79 Å². The van der Waals surface area contributed by atoms with Crippen LogP contribution in [0, 0.1) is 16.0 Å². The normalized spacial score (nSPS) is 25.9. The fourth-order valence-electron chi connectivity index (χ4n) is 2.73. The highest BCUT2D eigenvalue weighted by molar-refractivity contribution is 5.82. The van der Waals surface area contributed by atoms with E-state index in [1.165, 1.54) is 12.1 Å². The van der Waals surface area contributed by atoms with Crippen LogP contribution in [0.25, 0.3) is 0 Å². The molecule has 1 aliphatic rings. The van der Waals surface area contributed by atoms with Gasteiger partial charge in [0.05, 0.1) is 4.92 Å². The van der Waals surface area contributed by atoms with Crippen molar-refractivity contribution in [1.82, 2.24) is 4.98 Å². The van der Waals surface area contributed by atoms with Crippen LogP contribution in [0.15, 0.2) is 18.3 Å². The van der Waals surface area contributed by atoms with Gasteiger partial charge in [0.15, 0.2) is 0 Å². The first-order valence-electron chi connectivity index (χ1n) is 6.55. The molecule has 1 aromatic heterocycles. The molecule has 0 saturated heterocycles. The van der Waals surface area contributed by atoms with E-state index in [1.54, 1.807) is 0 Å². The van der Waals surface area contributed by atoms with Crippen LogP contribution in [0.5, 0.6) is 0 Å². The lowest BCUT2D eigenvalue weighted by Crippen LogP contribution is -2.49. The minimum Gasteiger partial charge on any atom is -0.480 e. The molecule has 7 nitrogen and oxygen atoms in total. The van der Waals surface area contributed by atoms with Crippen molar-refractivity contribution in [3.05, 3.63) is 28.4 Å². The summed E-state index contributed by atoms with van der Waals surface area (Å²) in [5.74, 6) is -0.221. The number of aliphatic carboxylic acids is 1. The van der Waals surface area contributed by atoms with E-state index in [0.29, 0.717) is 24.6 Å². The van der Waals surface area contributed by atoms with Gasteiger partial charge < -0.3 is 10.4 Å². The number of carboxylic acids is 1. The molecule has 0 aromatic carbocycles. The van der Waals surface area contributed by atoms with Crippen molar-refractivity contribution in [2.24, 2.45) is 5.92 Å². The number of nitrogens with zero attached hydrogens (tertiary/aromatic N) is 2. The summed E-state index contributed by atoms with van der Waals surface area (Å²) in [5.41, 5.74) is -1.14. The first-order chi connectivity index (χ1) is 9.43. The topological polar surface area (TPSA) is 105 Å². The molecule has 20 heavy (non-hydrogen) atoms. The van der Waals surface area contributed by atoms with Crippen molar-refractivity contribution in [2.75, 3.05) is 5.32 Å². The lowest BCUT2D eigenvalue weighted by molar-refractivity contribution is -0.385. The number of nitrogens with one attached hydrogen (secondary N) is 1. The van der Waals surface area contributed by atoms with Gasteiger partial charge in [0.25, 0.3) is 5.69 Å². The second-order valence-corrected chi connectivity index (χ2v) is 5.37. The van der Waals surface area contributed by atoms with Crippen LogP contribution in [0.1, 0.15) is 32.6 Å². The van der Waals surface area contributed by atoms with Crippen LogP contribution < -0.4 is 5.32 Å². The summed E-state index contributed by atoms with van der Waals surface area (Å²) in [7, 11) is 0. The summed E-state index contributed by atoms with van der Waals surface area (Å²) >= 11 is 0. The van der Waals surface area contributed by atoms with Crippen LogP contribution in [0.2, 0.25) is 0 Å². The van der Waals surface area contributed by atoms with E-state index in [1.807, 2.05) is 6.92 Å². The van der Waals surface area contributed by atoms with Crippen molar-refractivity contribution in [2.45, 2.75) is 38.1 Å². The second kappa shape index (κ2) is 5.44. The van der Waals surface area contributed by atoms with Crippen molar-refractivity contribution < 1.29 is 14.8 Å². The van der Waals surface area contributed by atoms with Gasteiger partial charge in [-0.15, -0.1) is 0 Å². The van der Waals surface area contributed by atoms with E-state index < -0.39 is 16.4 Å². The molecule has 0 radical (unpaired) electrons. The van der Waals surface area contributed by atoms with Gasteiger partial charge in [-0.1, -0.05) is 19.8 Å². The molecule has 2 N–H and O–H groups in total. The molecule has 1 saturated carbocycles. The van der Waals surface area contributed by atoms with Gasteiger partial charge in [-0.2, -0.15) is 0 Å². The van der Waals surface area contributed by atoms with E-state index >= 15 is 0 Å². The monoisotopic (exact) mass is 279 g/mol. The van der Waals surface area contributed by atoms with Crippen LogP contribution >= 0.6 is 0 Å². The Morgan fingerprint density at radius 3 is 2.85 bits per heavy atom. The number of anilines is 1. The first kappa shape index (κ1) is 14.2. The average molecular weight is 279 g/mol. The van der Waals surface area contributed by atoms with Crippen LogP contribution in [0.4, 0.5) is 11.5 Å². The quantitative estimate of drug-likeness (QED) is 0.647. The number of hydrogen-bond acceptors (Lipinski definition) is 5. The molecule has 1 heterocycles. The fourth-order valence-corrected chi connectivity index (χ4v) is 2.73. The highest BCUT2D eigenvalue weighted by atomic mass is 16.6. The van der Waals surface area contributed by atoms with E-state index in [2.05, 4.69) is 10.3 Å². The molecule has 7 heteroatoms. The summed E-state index contributed by atoms with van der Waals surface area (Å²) in [6, 6.07) is 2.76. The van der Waals surface area contributed by atoms with E-state index in [4.69, 9.17) is 0 Å². The predicted molar refractivity (Wildman–Crippen MR) is 72.5 cm³/mol. The second-order valence-electron chi connectivity index (χ2n) is 5.37. The number of rotatable bonds is 4. The Morgan fingerprint density at radius 2 is 2.35 bits per heavy atom. The van der Waals surface area contributed by atoms with Gasteiger partial charge in [0.1, 0.15) is 17.6 Å². The molecule has 2 atom stereocenters. The zero-order valence-corrected chi connectivity index (χ0v) is 11.2. The van der Waals surface area contributed by atoms with Gasteiger partial charge in [0, 0.05) is 6.07 Å². The Kier molecular flexibility index (Phi) is 3.87. The largest absolute Gasteiger partial charge is 0.480 e. The molecule has 0 bridgehead atoms. The highest BCUT2D eigenvalue weighted by Crippen LogP contribution is 2.35. The molecule has 1 aliphatic carbocycles. The molecule has 2 rings (SSSR count). The maximum Gasteiger partial charge on any atom is 0.329 e. The zero-order valence-electron chi connectivity index (χ0n) is 11.2. The Bertz CT molecular complexity index is 517. The van der Waals surface area contributed by atoms with E-state index in [9.17, 15) is 20.0 Å². The molecule has 108 valence electrons. The minimum absolute atomic E-state index is 0.114. The summed E-state index contributed by atoms with van der Waals surface area (Å²) in [6.07, 6.45) is 4.05. The number of pyridine rings is 1. The molecule has 1 aromatic rings. The number of carboxylic acid groups (broad SMARTS) is 1. The molecule has 0 aliphatic heterocycles. The summed E-state index contributed by atoms with van der Waals surface area (Å²) in [6.45, 7) is 2.03. The maximum absolute atomic E-state index is 11.6. The number of aromatic nitrogens is 1. The SMILES string of the molecule is CC1CCCC(Nc2ccc([N+](=O)[O-])cn2)(C(=O)O)C1. The van der Waals surface area contributed by atoms with Crippen molar-refractivity contribution in [3.8, 4) is 0 Å². The number of hydrogen-bond donors (Lipinski definition) is 2. The number of carbonyl (C=O) groups is 1. The Morgan fingerprint density at radius 1 is 1.60 bits per heavy atom. The van der Waals surface area contributed by atoms with E-state index in [-0.39, 0.29) is 5.69 Å². The summed E-state index contributed by atoms with van der Waals surface area (Å²) < 4.78 is 0. The van der Waals surface area contributed by atoms with Gasteiger partial charge >= 0.3 is 5.97 Å². The third-order valence-electron chi connectivity index (χ3n) is 3.73. The molecule has 2 unspecified atom stereocenters.